The first kappa shape index (κ1) is 17.1. The zero-order valence-corrected chi connectivity index (χ0v) is 13.3. The quantitative estimate of drug-likeness (QED) is 0.838. The van der Waals surface area contributed by atoms with E-state index in [-0.39, 0.29) is 22.9 Å². The van der Waals surface area contributed by atoms with Crippen molar-refractivity contribution in [1.82, 2.24) is 4.31 Å². The van der Waals surface area contributed by atoms with E-state index in [1.165, 1.54) is 28.6 Å². The second-order valence-corrected chi connectivity index (χ2v) is 8.30. The average molecular weight is 321 g/mol. The lowest BCUT2D eigenvalue weighted by molar-refractivity contribution is 0.268. The van der Waals surface area contributed by atoms with Crippen LogP contribution in [-0.2, 0) is 19.9 Å². The highest BCUT2D eigenvalue weighted by Gasteiger charge is 2.31. The molecule has 0 aliphatic rings. The molecule has 0 amide bonds. The van der Waals surface area contributed by atoms with Gasteiger partial charge in [0.1, 0.15) is 4.90 Å². The van der Waals surface area contributed by atoms with Gasteiger partial charge in [0.05, 0.1) is 4.90 Å². The van der Waals surface area contributed by atoms with Gasteiger partial charge in [-0.25, -0.2) is 16.8 Å². The molecule has 1 N–H and O–H groups in total. The van der Waals surface area contributed by atoms with E-state index in [4.69, 9.17) is 0 Å². The minimum Gasteiger partial charge on any atom is -0.377 e. The summed E-state index contributed by atoms with van der Waals surface area (Å²) in [5, 5.41) is 9.38. The molecule has 0 aliphatic carbocycles. The molecular formula is C12H19NO5S2. The molecule has 0 saturated carbocycles. The average Bonchev–Trinajstić information content (AvgIpc) is 2.39. The highest BCUT2D eigenvalue weighted by molar-refractivity contribution is 7.93. The van der Waals surface area contributed by atoms with Crippen molar-refractivity contribution in [3.8, 4) is 0 Å². The number of aliphatic hydroxyl groups excluding tert-OH is 1. The van der Waals surface area contributed by atoms with Crippen LogP contribution < -0.4 is 0 Å². The van der Waals surface area contributed by atoms with Crippen LogP contribution in [0.25, 0.3) is 0 Å². The fourth-order valence-corrected chi connectivity index (χ4v) is 4.96. The second kappa shape index (κ2) is 6.21. The Balaban J connectivity index is 3.58. The Morgan fingerprint density at radius 1 is 1.05 bits per heavy atom. The molecule has 0 bridgehead atoms. The van der Waals surface area contributed by atoms with Crippen LogP contribution in [-0.4, -0.2) is 44.8 Å². The third kappa shape index (κ3) is 3.03. The summed E-state index contributed by atoms with van der Waals surface area (Å²) >= 11 is 0. The van der Waals surface area contributed by atoms with Gasteiger partial charge in [0.15, 0.2) is 5.44 Å². The zero-order valence-electron chi connectivity index (χ0n) is 11.6. The fraction of sp³-hybridized carbons (Fsp3) is 0.500. The standard InChI is InChI=1S/C12H19NO5S2/c1-4-13(5-2)20(17,18)12-9-7-6-8-11(12)19(15,16)10(3)14/h6-10,14H,4-5H2,1-3H3. The van der Waals surface area contributed by atoms with Crippen LogP contribution in [0.3, 0.4) is 0 Å². The third-order valence-corrected chi connectivity index (χ3v) is 7.03. The van der Waals surface area contributed by atoms with E-state index in [1.54, 1.807) is 13.8 Å². The van der Waals surface area contributed by atoms with Crippen LogP contribution in [0.1, 0.15) is 20.8 Å². The Bertz CT molecular complexity index is 661. The van der Waals surface area contributed by atoms with E-state index in [1.807, 2.05) is 0 Å². The fourth-order valence-electron chi connectivity index (χ4n) is 1.78. The van der Waals surface area contributed by atoms with Crippen molar-refractivity contribution in [2.75, 3.05) is 13.1 Å². The lowest BCUT2D eigenvalue weighted by atomic mass is 10.4. The summed E-state index contributed by atoms with van der Waals surface area (Å²) in [5.41, 5.74) is -1.67. The van der Waals surface area contributed by atoms with Crippen molar-refractivity contribution < 1.29 is 21.9 Å². The monoisotopic (exact) mass is 321 g/mol. The highest BCUT2D eigenvalue weighted by atomic mass is 32.2. The Kier molecular flexibility index (Phi) is 5.31. The molecule has 0 radical (unpaired) electrons. The van der Waals surface area contributed by atoms with Crippen LogP contribution in [0.2, 0.25) is 0 Å². The van der Waals surface area contributed by atoms with Gasteiger partial charge in [-0.2, -0.15) is 4.31 Å². The Labute approximate surface area is 120 Å². The lowest BCUT2D eigenvalue weighted by Crippen LogP contribution is -2.32. The number of benzene rings is 1. The Hall–Kier alpha value is -0.960. The molecule has 0 aliphatic heterocycles. The van der Waals surface area contributed by atoms with Gasteiger partial charge in [0.2, 0.25) is 19.9 Å². The molecule has 0 spiro atoms. The molecule has 0 fully saturated rings. The molecule has 0 saturated heterocycles. The minimum atomic E-state index is -4.09. The lowest BCUT2D eigenvalue weighted by Gasteiger charge is -2.20. The number of rotatable bonds is 6. The maximum absolute atomic E-state index is 12.5. The summed E-state index contributed by atoms with van der Waals surface area (Å²) in [4.78, 5) is -0.675. The highest BCUT2D eigenvalue weighted by Crippen LogP contribution is 2.26. The first-order chi connectivity index (χ1) is 9.19. The van der Waals surface area contributed by atoms with Crippen LogP contribution in [0.4, 0.5) is 0 Å². The van der Waals surface area contributed by atoms with E-state index in [9.17, 15) is 21.9 Å². The topological polar surface area (TPSA) is 91.8 Å². The van der Waals surface area contributed by atoms with Crippen LogP contribution in [0, 0.1) is 0 Å². The van der Waals surface area contributed by atoms with Crippen molar-refractivity contribution in [2.24, 2.45) is 0 Å². The minimum absolute atomic E-state index is 0.238. The smallest absolute Gasteiger partial charge is 0.244 e. The van der Waals surface area contributed by atoms with Gasteiger partial charge in [-0.1, -0.05) is 26.0 Å². The predicted molar refractivity (Wildman–Crippen MR) is 75.4 cm³/mol. The van der Waals surface area contributed by atoms with Gasteiger partial charge in [0, 0.05) is 13.1 Å². The van der Waals surface area contributed by atoms with Crippen molar-refractivity contribution in [3.63, 3.8) is 0 Å². The van der Waals surface area contributed by atoms with Crippen LogP contribution >= 0.6 is 0 Å². The first-order valence-corrected chi connectivity index (χ1v) is 9.19. The van der Waals surface area contributed by atoms with E-state index in [0.29, 0.717) is 0 Å². The summed E-state index contributed by atoms with van der Waals surface area (Å²) in [6.07, 6.45) is 0. The molecule has 0 heterocycles. The van der Waals surface area contributed by atoms with Gasteiger partial charge in [-0.05, 0) is 19.1 Å². The molecule has 0 aromatic heterocycles. The summed E-state index contributed by atoms with van der Waals surface area (Å²) in [7, 11) is -8.00. The predicted octanol–water partition coefficient (Wildman–Crippen LogP) is 0.829. The number of sulfone groups is 1. The summed E-state index contributed by atoms with van der Waals surface area (Å²) < 4.78 is 50.2. The molecular weight excluding hydrogens is 302 g/mol. The van der Waals surface area contributed by atoms with Gasteiger partial charge in [-0.15, -0.1) is 0 Å². The normalized spacial score (nSPS) is 14.4. The summed E-state index contributed by atoms with van der Waals surface area (Å²) in [5.74, 6) is 0. The van der Waals surface area contributed by atoms with Gasteiger partial charge >= 0.3 is 0 Å². The largest absolute Gasteiger partial charge is 0.377 e. The second-order valence-electron chi connectivity index (χ2n) is 4.18. The van der Waals surface area contributed by atoms with Crippen LogP contribution in [0.15, 0.2) is 34.1 Å². The number of sulfonamides is 1. The number of hydrogen-bond acceptors (Lipinski definition) is 5. The van der Waals surface area contributed by atoms with Gasteiger partial charge in [-0.3, -0.25) is 0 Å². The molecule has 1 rings (SSSR count). The number of hydrogen-bond donors (Lipinski definition) is 1. The van der Waals surface area contributed by atoms with E-state index >= 15 is 0 Å². The van der Waals surface area contributed by atoms with Crippen molar-refractivity contribution >= 4 is 19.9 Å². The van der Waals surface area contributed by atoms with Crippen LogP contribution in [0.5, 0.6) is 0 Å². The van der Waals surface area contributed by atoms with E-state index in [0.717, 1.165) is 6.92 Å². The first-order valence-electron chi connectivity index (χ1n) is 6.20. The maximum Gasteiger partial charge on any atom is 0.244 e. The summed E-state index contributed by atoms with van der Waals surface area (Å²) in [6, 6.07) is 5.31. The van der Waals surface area contributed by atoms with E-state index < -0.39 is 25.3 Å². The van der Waals surface area contributed by atoms with Crippen molar-refractivity contribution in [3.05, 3.63) is 24.3 Å². The Morgan fingerprint density at radius 2 is 1.50 bits per heavy atom. The van der Waals surface area contributed by atoms with Crippen molar-refractivity contribution in [1.29, 1.82) is 0 Å². The van der Waals surface area contributed by atoms with Gasteiger partial charge < -0.3 is 5.11 Å². The Morgan fingerprint density at radius 3 is 1.90 bits per heavy atom. The SMILES string of the molecule is CCN(CC)S(=O)(=O)c1ccccc1S(=O)(=O)C(C)O. The third-order valence-electron chi connectivity index (χ3n) is 2.93. The molecule has 6 nitrogen and oxygen atoms in total. The number of nitrogens with zero attached hydrogens (tertiary/aromatic N) is 1. The number of aliphatic hydroxyl groups is 1. The molecule has 1 aromatic rings. The molecule has 114 valence electrons. The molecule has 1 unspecified atom stereocenters. The molecule has 20 heavy (non-hydrogen) atoms. The summed E-state index contributed by atoms with van der Waals surface area (Å²) in [6.45, 7) is 4.92. The zero-order chi connectivity index (χ0) is 15.6. The maximum atomic E-state index is 12.5. The molecule has 1 aromatic carbocycles. The van der Waals surface area contributed by atoms with Gasteiger partial charge in [0.25, 0.3) is 0 Å². The van der Waals surface area contributed by atoms with E-state index in [2.05, 4.69) is 0 Å². The van der Waals surface area contributed by atoms with Crippen molar-refractivity contribution in [2.45, 2.75) is 36.0 Å². The molecule has 8 heteroatoms. The molecule has 1 atom stereocenters.